The number of rotatable bonds is 8. The standard InChI is InChI=1S/C22H18Cl3N5O3/c1-13(21-17(23)10-26-11-18(21)24)33-15-3-5-20-16(8-15)19(28-29-20)4-2-14-9-27-30(12-14)6-7-32-22(25)31/h2-5,8-13H,6-7H2,1H3,(H,28,29)/b4-2+/t13-/m1/s1. The van der Waals surface area contributed by atoms with Crippen molar-refractivity contribution in [3.05, 3.63) is 69.9 Å². The fraction of sp³-hybridized carbons (Fsp3) is 0.182. The zero-order valence-electron chi connectivity index (χ0n) is 17.3. The van der Waals surface area contributed by atoms with Gasteiger partial charge in [-0.15, -0.1) is 0 Å². The van der Waals surface area contributed by atoms with Crippen LogP contribution in [0.3, 0.4) is 0 Å². The van der Waals surface area contributed by atoms with E-state index < -0.39 is 5.43 Å². The van der Waals surface area contributed by atoms with Crippen LogP contribution in [0.1, 0.15) is 29.8 Å². The fourth-order valence-electron chi connectivity index (χ4n) is 3.27. The summed E-state index contributed by atoms with van der Waals surface area (Å²) in [6.07, 6.45) is 10.00. The van der Waals surface area contributed by atoms with E-state index in [2.05, 4.69) is 20.3 Å². The molecule has 0 unspecified atom stereocenters. The second-order valence-electron chi connectivity index (χ2n) is 7.05. The summed E-state index contributed by atoms with van der Waals surface area (Å²) in [7, 11) is 0. The van der Waals surface area contributed by atoms with Gasteiger partial charge in [0.2, 0.25) is 0 Å². The lowest BCUT2D eigenvalue weighted by Gasteiger charge is -2.17. The van der Waals surface area contributed by atoms with Crippen LogP contribution in [-0.4, -0.2) is 37.0 Å². The summed E-state index contributed by atoms with van der Waals surface area (Å²) in [5.74, 6) is 0.650. The normalized spacial score (nSPS) is 12.4. The first-order valence-electron chi connectivity index (χ1n) is 9.87. The summed E-state index contributed by atoms with van der Waals surface area (Å²) < 4.78 is 12.5. The van der Waals surface area contributed by atoms with Crippen LogP contribution in [0.15, 0.2) is 43.0 Å². The second kappa shape index (κ2) is 10.2. The van der Waals surface area contributed by atoms with E-state index in [-0.39, 0.29) is 12.7 Å². The molecule has 0 aliphatic rings. The van der Waals surface area contributed by atoms with E-state index in [1.165, 1.54) is 12.4 Å². The van der Waals surface area contributed by atoms with Crippen LogP contribution in [0.25, 0.3) is 23.1 Å². The number of carbonyl (C=O) groups is 1. The lowest BCUT2D eigenvalue weighted by molar-refractivity contribution is 0.167. The fourth-order valence-corrected chi connectivity index (χ4v) is 4.02. The SMILES string of the molecule is C[C@@H](Oc1ccc2[nH]nc(/C=C/c3cnn(CCOC(=O)Cl)c3)c2c1)c1c(Cl)cncc1Cl. The zero-order chi connectivity index (χ0) is 23.4. The van der Waals surface area contributed by atoms with Crippen LogP contribution in [0, 0.1) is 0 Å². The lowest BCUT2D eigenvalue weighted by atomic mass is 10.1. The minimum absolute atomic E-state index is 0.147. The van der Waals surface area contributed by atoms with E-state index in [0.717, 1.165) is 22.2 Å². The molecule has 33 heavy (non-hydrogen) atoms. The van der Waals surface area contributed by atoms with E-state index in [1.54, 1.807) is 10.9 Å². The number of benzene rings is 1. The number of nitrogens with zero attached hydrogens (tertiary/aromatic N) is 4. The monoisotopic (exact) mass is 505 g/mol. The summed E-state index contributed by atoms with van der Waals surface area (Å²) in [6, 6.07) is 5.65. The Balaban J connectivity index is 1.49. The molecule has 0 saturated heterocycles. The Labute approximate surface area is 204 Å². The van der Waals surface area contributed by atoms with Crippen molar-refractivity contribution in [2.24, 2.45) is 0 Å². The van der Waals surface area contributed by atoms with E-state index in [0.29, 0.717) is 27.9 Å². The summed E-state index contributed by atoms with van der Waals surface area (Å²) >= 11 is 17.7. The Hall–Kier alpha value is -3.07. The van der Waals surface area contributed by atoms with Crippen molar-refractivity contribution >= 4 is 63.3 Å². The number of H-pyrrole nitrogens is 1. The van der Waals surface area contributed by atoms with Crippen molar-refractivity contribution < 1.29 is 14.3 Å². The number of halogens is 3. The molecule has 4 aromatic rings. The predicted octanol–water partition coefficient (Wildman–Crippen LogP) is 6.15. The number of nitrogens with one attached hydrogen (secondary N) is 1. The highest BCUT2D eigenvalue weighted by Gasteiger charge is 2.16. The second-order valence-corrected chi connectivity index (χ2v) is 8.17. The molecule has 11 heteroatoms. The molecule has 1 N–H and O–H groups in total. The zero-order valence-corrected chi connectivity index (χ0v) is 19.6. The van der Waals surface area contributed by atoms with Gasteiger partial charge < -0.3 is 9.47 Å². The van der Waals surface area contributed by atoms with Crippen molar-refractivity contribution in [1.29, 1.82) is 0 Å². The van der Waals surface area contributed by atoms with Crippen LogP contribution >= 0.6 is 34.8 Å². The molecule has 3 heterocycles. The molecule has 0 aliphatic heterocycles. The van der Waals surface area contributed by atoms with E-state index in [9.17, 15) is 4.79 Å². The third-order valence-corrected chi connectivity index (χ3v) is 5.51. The minimum Gasteiger partial charge on any atom is -0.486 e. The number of fused-ring (bicyclic) bond motifs is 1. The quantitative estimate of drug-likeness (QED) is 0.288. The van der Waals surface area contributed by atoms with Crippen LogP contribution in [-0.2, 0) is 11.3 Å². The molecule has 0 spiro atoms. The Morgan fingerprint density at radius 2 is 2.00 bits per heavy atom. The molecule has 3 aromatic heterocycles. The van der Waals surface area contributed by atoms with Gasteiger partial charge in [0.15, 0.2) is 0 Å². The van der Waals surface area contributed by atoms with Crippen molar-refractivity contribution in [1.82, 2.24) is 25.0 Å². The van der Waals surface area contributed by atoms with Crippen LogP contribution in [0.2, 0.25) is 10.0 Å². The maximum Gasteiger partial charge on any atom is 0.403 e. The number of ether oxygens (including phenoxy) is 2. The average Bonchev–Trinajstić information content (AvgIpc) is 3.38. The molecule has 0 radical (unpaired) electrons. The maximum absolute atomic E-state index is 10.6. The van der Waals surface area contributed by atoms with Gasteiger partial charge in [-0.3, -0.25) is 14.8 Å². The van der Waals surface area contributed by atoms with Gasteiger partial charge in [0.1, 0.15) is 18.5 Å². The topological polar surface area (TPSA) is 94.9 Å². The molecule has 0 aliphatic carbocycles. The smallest absolute Gasteiger partial charge is 0.403 e. The maximum atomic E-state index is 10.6. The third kappa shape index (κ3) is 5.65. The molecule has 1 atom stereocenters. The Kier molecular flexibility index (Phi) is 7.17. The van der Waals surface area contributed by atoms with Gasteiger partial charge in [0.25, 0.3) is 0 Å². The molecule has 1 aromatic carbocycles. The first kappa shape index (κ1) is 23.1. The highest BCUT2D eigenvalue weighted by molar-refractivity contribution is 6.61. The van der Waals surface area contributed by atoms with Gasteiger partial charge >= 0.3 is 5.43 Å². The summed E-state index contributed by atoms with van der Waals surface area (Å²) in [6.45, 7) is 2.43. The molecular weight excluding hydrogens is 489 g/mol. The third-order valence-electron chi connectivity index (χ3n) is 4.80. The Morgan fingerprint density at radius 3 is 2.76 bits per heavy atom. The largest absolute Gasteiger partial charge is 0.486 e. The molecule has 0 amide bonds. The molecule has 170 valence electrons. The lowest BCUT2D eigenvalue weighted by Crippen LogP contribution is -2.07. The molecule has 0 bridgehead atoms. The number of aromatic nitrogens is 5. The van der Waals surface area contributed by atoms with Crippen LogP contribution in [0.5, 0.6) is 5.75 Å². The Morgan fingerprint density at radius 1 is 1.21 bits per heavy atom. The van der Waals surface area contributed by atoms with E-state index in [1.807, 2.05) is 43.5 Å². The van der Waals surface area contributed by atoms with E-state index >= 15 is 0 Å². The van der Waals surface area contributed by atoms with Gasteiger partial charge in [-0.1, -0.05) is 23.2 Å². The molecule has 0 fully saturated rings. The van der Waals surface area contributed by atoms with Crippen molar-refractivity contribution in [3.63, 3.8) is 0 Å². The highest BCUT2D eigenvalue weighted by atomic mass is 35.5. The van der Waals surface area contributed by atoms with Gasteiger partial charge in [-0.2, -0.15) is 10.2 Å². The first-order valence-corrected chi connectivity index (χ1v) is 11.0. The average molecular weight is 507 g/mol. The van der Waals surface area contributed by atoms with Gasteiger partial charge in [0.05, 0.1) is 34.0 Å². The first-order chi connectivity index (χ1) is 15.9. The van der Waals surface area contributed by atoms with Crippen molar-refractivity contribution in [3.8, 4) is 5.75 Å². The van der Waals surface area contributed by atoms with Gasteiger partial charge in [-0.05, 0) is 37.3 Å². The molecular formula is C22H18Cl3N5O3. The predicted molar refractivity (Wildman–Crippen MR) is 128 cm³/mol. The molecule has 0 saturated carbocycles. The number of hydrogen-bond donors (Lipinski definition) is 1. The van der Waals surface area contributed by atoms with Crippen molar-refractivity contribution in [2.75, 3.05) is 6.61 Å². The van der Waals surface area contributed by atoms with Crippen LogP contribution < -0.4 is 4.74 Å². The molecule has 8 nitrogen and oxygen atoms in total. The summed E-state index contributed by atoms with van der Waals surface area (Å²) in [4.78, 5) is 14.6. The number of pyridine rings is 1. The summed E-state index contributed by atoms with van der Waals surface area (Å²) in [5.41, 5.74) is 2.32. The van der Waals surface area contributed by atoms with Crippen LogP contribution in [0.4, 0.5) is 4.79 Å². The number of carbonyl (C=O) groups excluding carboxylic acids is 1. The molecule has 4 rings (SSSR count). The summed E-state index contributed by atoms with van der Waals surface area (Å²) in [5, 5.41) is 13.4. The van der Waals surface area contributed by atoms with Gasteiger partial charge in [-0.25, -0.2) is 4.79 Å². The van der Waals surface area contributed by atoms with Gasteiger partial charge in [0, 0.05) is 46.7 Å². The number of aromatic amines is 1. The number of hydrogen-bond acceptors (Lipinski definition) is 6. The van der Waals surface area contributed by atoms with E-state index in [4.69, 9.17) is 44.3 Å². The Bertz CT molecular complexity index is 1300. The minimum atomic E-state index is -0.836. The van der Waals surface area contributed by atoms with Crippen molar-refractivity contribution in [2.45, 2.75) is 19.6 Å². The highest BCUT2D eigenvalue weighted by Crippen LogP contribution is 2.33.